The van der Waals surface area contributed by atoms with Crippen LogP contribution in [0.3, 0.4) is 0 Å². The van der Waals surface area contributed by atoms with Gasteiger partial charge in [0, 0.05) is 6.54 Å². The number of aromatic nitrogens is 2. The molecule has 1 aromatic heterocycles. The lowest BCUT2D eigenvalue weighted by Gasteiger charge is -2.10. The van der Waals surface area contributed by atoms with Crippen molar-refractivity contribution in [2.24, 2.45) is 5.92 Å². The van der Waals surface area contributed by atoms with E-state index in [1.54, 1.807) is 6.20 Å². The smallest absolute Gasteiger partial charge is 0.158 e. The van der Waals surface area contributed by atoms with Crippen LogP contribution < -0.4 is 5.32 Å². The fraction of sp³-hybridized carbons (Fsp3) is 0.500. The molecule has 1 N–H and O–H groups in total. The fourth-order valence-corrected chi connectivity index (χ4v) is 1.79. The minimum absolute atomic E-state index is 0.345. The first-order valence-corrected chi connectivity index (χ1v) is 6.10. The summed E-state index contributed by atoms with van der Waals surface area (Å²) in [5, 5.41) is 11.7. The first-order chi connectivity index (χ1) is 7.26. The number of nitrogens with one attached hydrogen (secondary N) is 1. The fourth-order valence-electron chi connectivity index (χ4n) is 1.10. The summed E-state index contributed by atoms with van der Waals surface area (Å²) in [7, 11) is 0. The van der Waals surface area contributed by atoms with Gasteiger partial charge in [0.2, 0.25) is 0 Å². The molecule has 1 unspecified atom stereocenters. The molecule has 0 aliphatic carbocycles. The molecule has 0 saturated carbocycles. The van der Waals surface area contributed by atoms with Gasteiger partial charge in [-0.2, -0.15) is 17.0 Å². The Hall–Kier alpha value is -1.28. The van der Waals surface area contributed by atoms with Crippen molar-refractivity contribution >= 4 is 17.6 Å². The van der Waals surface area contributed by atoms with Gasteiger partial charge in [-0.05, 0) is 17.9 Å². The maximum Gasteiger partial charge on any atom is 0.158 e. The second-order valence-electron chi connectivity index (χ2n) is 3.34. The summed E-state index contributed by atoms with van der Waals surface area (Å²) in [6, 6.07) is 1.93. The number of hydrogen-bond acceptors (Lipinski definition) is 5. The molecule has 0 spiro atoms. The normalized spacial score (nSPS) is 11.8. The van der Waals surface area contributed by atoms with Crippen LogP contribution in [0.15, 0.2) is 12.4 Å². The summed E-state index contributed by atoms with van der Waals surface area (Å²) in [6.45, 7) is 3.06. The molecular formula is C10H14N4S. The number of nitrogens with zero attached hydrogens (tertiary/aromatic N) is 3. The predicted octanol–water partition coefficient (Wildman–Crippen LogP) is 1.76. The summed E-state index contributed by atoms with van der Waals surface area (Å²) in [4.78, 5) is 8.01. The van der Waals surface area contributed by atoms with Crippen LogP contribution in [-0.4, -0.2) is 28.5 Å². The first-order valence-electron chi connectivity index (χ1n) is 4.71. The molecule has 0 aliphatic rings. The zero-order valence-corrected chi connectivity index (χ0v) is 9.71. The third-order valence-corrected chi connectivity index (χ3v) is 2.75. The quantitative estimate of drug-likeness (QED) is 0.822. The first kappa shape index (κ1) is 11.8. The molecule has 0 bridgehead atoms. The number of thioether (sulfide) groups is 1. The summed E-state index contributed by atoms with van der Waals surface area (Å²) >= 11 is 1.83. The van der Waals surface area contributed by atoms with Crippen LogP contribution in [0.2, 0.25) is 0 Å². The number of anilines is 1. The van der Waals surface area contributed by atoms with Crippen molar-refractivity contribution in [3.05, 3.63) is 18.1 Å². The molecule has 0 amide bonds. The molecule has 1 aromatic rings. The number of rotatable bonds is 5. The summed E-state index contributed by atoms with van der Waals surface area (Å²) in [5.41, 5.74) is 0.345. The molecule has 0 aromatic carbocycles. The molecule has 4 nitrogen and oxygen atoms in total. The van der Waals surface area contributed by atoms with Crippen LogP contribution in [0.5, 0.6) is 0 Å². The van der Waals surface area contributed by atoms with Gasteiger partial charge < -0.3 is 5.32 Å². The van der Waals surface area contributed by atoms with Crippen LogP contribution >= 0.6 is 11.8 Å². The Morgan fingerprint density at radius 3 is 2.87 bits per heavy atom. The van der Waals surface area contributed by atoms with Gasteiger partial charge in [-0.15, -0.1) is 0 Å². The average Bonchev–Trinajstić information content (AvgIpc) is 2.27. The second-order valence-corrected chi connectivity index (χ2v) is 4.25. The highest BCUT2D eigenvalue weighted by Gasteiger charge is 2.01. The van der Waals surface area contributed by atoms with E-state index in [1.807, 2.05) is 17.8 Å². The van der Waals surface area contributed by atoms with Gasteiger partial charge in [0.15, 0.2) is 5.69 Å². The van der Waals surface area contributed by atoms with E-state index in [4.69, 9.17) is 5.26 Å². The van der Waals surface area contributed by atoms with Crippen molar-refractivity contribution in [3.8, 4) is 6.07 Å². The third-order valence-electron chi connectivity index (χ3n) is 1.85. The Balaban J connectivity index is 2.41. The Labute approximate surface area is 94.1 Å². The molecular weight excluding hydrogens is 208 g/mol. The molecule has 0 saturated heterocycles. The summed E-state index contributed by atoms with van der Waals surface area (Å²) in [5.74, 6) is 2.44. The van der Waals surface area contributed by atoms with Gasteiger partial charge in [-0.25, -0.2) is 9.97 Å². The van der Waals surface area contributed by atoms with Crippen molar-refractivity contribution in [2.75, 3.05) is 23.9 Å². The van der Waals surface area contributed by atoms with E-state index in [9.17, 15) is 0 Å². The monoisotopic (exact) mass is 222 g/mol. The zero-order chi connectivity index (χ0) is 11.1. The number of nitriles is 1. The van der Waals surface area contributed by atoms with E-state index in [0.717, 1.165) is 18.1 Å². The van der Waals surface area contributed by atoms with E-state index in [0.29, 0.717) is 11.6 Å². The SMILES string of the molecule is CSCC(C)CNc1cnc(C#N)cn1. The van der Waals surface area contributed by atoms with Crippen LogP contribution in [0.1, 0.15) is 12.6 Å². The summed E-state index contributed by atoms with van der Waals surface area (Å²) in [6.07, 6.45) is 5.16. The molecule has 1 heterocycles. The minimum atomic E-state index is 0.345. The highest BCUT2D eigenvalue weighted by Crippen LogP contribution is 2.06. The summed E-state index contributed by atoms with van der Waals surface area (Å²) < 4.78 is 0. The van der Waals surface area contributed by atoms with E-state index in [2.05, 4.69) is 28.5 Å². The van der Waals surface area contributed by atoms with Gasteiger partial charge in [0.25, 0.3) is 0 Å². The van der Waals surface area contributed by atoms with E-state index in [1.165, 1.54) is 6.20 Å². The second kappa shape index (κ2) is 6.25. The standard InChI is InChI=1S/C10H14N4S/c1-8(7-15-2)4-13-10-6-12-9(3-11)5-14-10/h5-6,8H,4,7H2,1-2H3,(H,13,14). The molecule has 1 rings (SSSR count). The Kier molecular flexibility index (Phi) is 4.91. The Morgan fingerprint density at radius 2 is 2.33 bits per heavy atom. The predicted molar refractivity (Wildman–Crippen MR) is 62.8 cm³/mol. The van der Waals surface area contributed by atoms with Crippen molar-refractivity contribution in [1.29, 1.82) is 5.26 Å². The largest absolute Gasteiger partial charge is 0.368 e. The molecule has 1 atom stereocenters. The molecule has 80 valence electrons. The maximum absolute atomic E-state index is 8.54. The van der Waals surface area contributed by atoms with Crippen LogP contribution in [0.4, 0.5) is 5.82 Å². The van der Waals surface area contributed by atoms with Gasteiger partial charge in [0.05, 0.1) is 12.4 Å². The molecule has 0 radical (unpaired) electrons. The van der Waals surface area contributed by atoms with Crippen molar-refractivity contribution in [3.63, 3.8) is 0 Å². The maximum atomic E-state index is 8.54. The zero-order valence-electron chi connectivity index (χ0n) is 8.90. The molecule has 0 fully saturated rings. The highest BCUT2D eigenvalue weighted by atomic mass is 32.2. The average molecular weight is 222 g/mol. The van der Waals surface area contributed by atoms with Crippen LogP contribution in [0.25, 0.3) is 0 Å². The highest BCUT2D eigenvalue weighted by molar-refractivity contribution is 7.98. The van der Waals surface area contributed by atoms with Crippen LogP contribution in [0, 0.1) is 17.2 Å². The van der Waals surface area contributed by atoms with Gasteiger partial charge in [-0.1, -0.05) is 6.92 Å². The Morgan fingerprint density at radius 1 is 1.53 bits per heavy atom. The Bertz CT molecular complexity index is 330. The minimum Gasteiger partial charge on any atom is -0.368 e. The van der Waals surface area contributed by atoms with E-state index < -0.39 is 0 Å². The number of hydrogen-bond donors (Lipinski definition) is 1. The van der Waals surface area contributed by atoms with Gasteiger partial charge >= 0.3 is 0 Å². The molecule has 5 heteroatoms. The lowest BCUT2D eigenvalue weighted by molar-refractivity contribution is 0.699. The topological polar surface area (TPSA) is 61.6 Å². The lowest BCUT2D eigenvalue weighted by Crippen LogP contribution is -2.14. The van der Waals surface area contributed by atoms with Crippen molar-refractivity contribution in [1.82, 2.24) is 9.97 Å². The van der Waals surface area contributed by atoms with Crippen molar-refractivity contribution in [2.45, 2.75) is 6.92 Å². The van der Waals surface area contributed by atoms with Gasteiger partial charge in [0.1, 0.15) is 11.9 Å². The van der Waals surface area contributed by atoms with Crippen molar-refractivity contribution < 1.29 is 0 Å². The third kappa shape index (κ3) is 4.17. The lowest BCUT2D eigenvalue weighted by atomic mass is 10.2. The van der Waals surface area contributed by atoms with E-state index >= 15 is 0 Å². The van der Waals surface area contributed by atoms with Gasteiger partial charge in [-0.3, -0.25) is 0 Å². The van der Waals surface area contributed by atoms with E-state index in [-0.39, 0.29) is 0 Å². The molecule has 0 aliphatic heterocycles. The van der Waals surface area contributed by atoms with Crippen LogP contribution in [-0.2, 0) is 0 Å². The molecule has 15 heavy (non-hydrogen) atoms.